The third kappa shape index (κ3) is 2.59. The van der Waals surface area contributed by atoms with Crippen molar-refractivity contribution < 1.29 is 13.9 Å². The van der Waals surface area contributed by atoms with Crippen LogP contribution in [0.25, 0.3) is 22.5 Å². The molecular weight excluding hydrogens is 357 g/mol. The second-order valence-electron chi connectivity index (χ2n) is 7.12. The number of aromatic nitrogens is 3. The minimum absolute atomic E-state index is 0.259. The van der Waals surface area contributed by atoms with Gasteiger partial charge < -0.3 is 4.74 Å². The van der Waals surface area contributed by atoms with Crippen molar-refractivity contribution in [2.75, 3.05) is 6.61 Å². The molecule has 0 radical (unpaired) electrons. The van der Waals surface area contributed by atoms with Crippen molar-refractivity contribution in [2.24, 2.45) is 0 Å². The van der Waals surface area contributed by atoms with E-state index in [0.29, 0.717) is 22.7 Å². The molecule has 0 atom stereocenters. The maximum Gasteiger partial charge on any atom is 0.357 e. The molecule has 2 aromatic heterocycles. The lowest BCUT2D eigenvalue weighted by molar-refractivity contribution is 0.0518. The standard InChI is InChI=1S/C22H22FN3O2/c1-6-28-21(27)20-15(5)24-22-25(19-13(3)9-12(2)10-14(19)4)17-8-7-16(23)11-18(17)26(20)22/h7-11H,6H2,1-5H3. The Bertz CT molecular complexity index is 1230. The highest BCUT2D eigenvalue weighted by atomic mass is 19.1. The van der Waals surface area contributed by atoms with E-state index in [1.807, 2.05) is 18.4 Å². The van der Waals surface area contributed by atoms with Gasteiger partial charge in [0.15, 0.2) is 5.69 Å². The first-order valence-corrected chi connectivity index (χ1v) is 9.27. The Hall–Kier alpha value is -3.15. The number of halogens is 1. The average Bonchev–Trinajstić information content (AvgIpc) is 3.08. The van der Waals surface area contributed by atoms with E-state index in [1.165, 1.54) is 17.7 Å². The summed E-state index contributed by atoms with van der Waals surface area (Å²) in [6.45, 7) is 9.93. The monoisotopic (exact) mass is 379 g/mol. The number of hydrogen-bond donors (Lipinski definition) is 0. The molecule has 0 aliphatic carbocycles. The minimum Gasteiger partial charge on any atom is -0.461 e. The predicted octanol–water partition coefficient (Wildman–Crippen LogP) is 4.83. The van der Waals surface area contributed by atoms with Crippen molar-refractivity contribution in [3.8, 4) is 5.69 Å². The molecule has 0 N–H and O–H groups in total. The SMILES string of the molecule is CCOC(=O)c1c(C)nc2n(-c3c(C)cc(C)cc3C)c3ccc(F)cc3n12. The summed E-state index contributed by atoms with van der Waals surface area (Å²) in [5, 5.41) is 0. The van der Waals surface area contributed by atoms with Crippen molar-refractivity contribution in [2.45, 2.75) is 34.6 Å². The van der Waals surface area contributed by atoms with Gasteiger partial charge in [-0.2, -0.15) is 0 Å². The van der Waals surface area contributed by atoms with Crippen molar-refractivity contribution in [1.82, 2.24) is 14.0 Å². The van der Waals surface area contributed by atoms with Crippen molar-refractivity contribution in [3.63, 3.8) is 0 Å². The number of fused-ring (bicyclic) bond motifs is 3. The Labute approximate surface area is 162 Å². The summed E-state index contributed by atoms with van der Waals surface area (Å²) >= 11 is 0. The molecule has 4 aromatic rings. The topological polar surface area (TPSA) is 48.5 Å². The fourth-order valence-corrected chi connectivity index (χ4v) is 4.05. The molecular formula is C22H22FN3O2. The van der Waals surface area contributed by atoms with Crippen molar-refractivity contribution in [1.29, 1.82) is 0 Å². The van der Waals surface area contributed by atoms with Gasteiger partial charge in [0, 0.05) is 6.07 Å². The van der Waals surface area contributed by atoms with Gasteiger partial charge in [0.2, 0.25) is 5.78 Å². The molecule has 0 aliphatic rings. The largest absolute Gasteiger partial charge is 0.461 e. The van der Waals surface area contributed by atoms with Crippen LogP contribution in [0, 0.1) is 33.5 Å². The van der Waals surface area contributed by atoms with Crippen molar-refractivity contribution >= 4 is 22.8 Å². The maximum atomic E-state index is 14.1. The molecule has 28 heavy (non-hydrogen) atoms. The van der Waals surface area contributed by atoms with Crippen LogP contribution >= 0.6 is 0 Å². The highest BCUT2D eigenvalue weighted by Crippen LogP contribution is 2.32. The zero-order valence-electron chi connectivity index (χ0n) is 16.6. The molecule has 2 aromatic carbocycles. The molecule has 0 aliphatic heterocycles. The first kappa shape index (κ1) is 18.2. The van der Waals surface area contributed by atoms with E-state index in [0.717, 1.165) is 22.3 Å². The molecule has 0 saturated heterocycles. The fraction of sp³-hybridized carbons (Fsp3) is 0.273. The first-order chi connectivity index (χ1) is 13.3. The Kier molecular flexibility index (Phi) is 4.22. The Morgan fingerprint density at radius 1 is 1.07 bits per heavy atom. The average molecular weight is 379 g/mol. The Balaban J connectivity index is 2.19. The van der Waals surface area contributed by atoms with E-state index in [4.69, 9.17) is 4.74 Å². The van der Waals surface area contributed by atoms with Gasteiger partial charge in [0.1, 0.15) is 5.82 Å². The van der Waals surface area contributed by atoms with E-state index in [2.05, 4.69) is 24.0 Å². The molecule has 0 amide bonds. The lowest BCUT2D eigenvalue weighted by Crippen LogP contribution is -2.09. The van der Waals surface area contributed by atoms with Gasteiger partial charge in [-0.05, 0) is 57.9 Å². The maximum absolute atomic E-state index is 14.1. The number of carbonyl (C=O) groups excluding carboxylic acids is 1. The predicted molar refractivity (Wildman–Crippen MR) is 107 cm³/mol. The van der Waals surface area contributed by atoms with Gasteiger partial charge in [-0.1, -0.05) is 17.7 Å². The number of benzene rings is 2. The van der Waals surface area contributed by atoms with Crippen LogP contribution in [0.4, 0.5) is 4.39 Å². The molecule has 0 unspecified atom stereocenters. The molecule has 0 bridgehead atoms. The minimum atomic E-state index is -0.465. The second-order valence-corrected chi connectivity index (χ2v) is 7.12. The number of aryl methyl sites for hydroxylation is 4. The summed E-state index contributed by atoms with van der Waals surface area (Å²) < 4.78 is 23.0. The number of carbonyl (C=O) groups is 1. The van der Waals surface area contributed by atoms with Gasteiger partial charge in [-0.3, -0.25) is 8.97 Å². The van der Waals surface area contributed by atoms with Crippen LogP contribution in [0.5, 0.6) is 0 Å². The molecule has 5 nitrogen and oxygen atoms in total. The van der Waals surface area contributed by atoms with E-state index in [-0.39, 0.29) is 12.4 Å². The van der Waals surface area contributed by atoms with Gasteiger partial charge in [0.05, 0.1) is 29.0 Å². The van der Waals surface area contributed by atoms with Gasteiger partial charge >= 0.3 is 5.97 Å². The van der Waals surface area contributed by atoms with Crippen LogP contribution < -0.4 is 0 Å². The molecule has 6 heteroatoms. The molecule has 2 heterocycles. The van der Waals surface area contributed by atoms with Gasteiger partial charge in [0.25, 0.3) is 0 Å². The van der Waals surface area contributed by atoms with Crippen LogP contribution in [-0.2, 0) is 4.74 Å². The highest BCUT2D eigenvalue weighted by molar-refractivity contribution is 5.94. The number of hydrogen-bond acceptors (Lipinski definition) is 3. The summed E-state index contributed by atoms with van der Waals surface area (Å²) in [4.78, 5) is 17.3. The lowest BCUT2D eigenvalue weighted by Gasteiger charge is -2.13. The fourth-order valence-electron chi connectivity index (χ4n) is 4.05. The number of esters is 1. The molecule has 4 rings (SSSR count). The van der Waals surface area contributed by atoms with E-state index in [1.54, 1.807) is 24.3 Å². The molecule has 144 valence electrons. The summed E-state index contributed by atoms with van der Waals surface area (Å²) in [6.07, 6.45) is 0. The molecule has 0 spiro atoms. The quantitative estimate of drug-likeness (QED) is 0.479. The molecule has 0 saturated carbocycles. The Morgan fingerprint density at radius 2 is 1.75 bits per heavy atom. The summed E-state index contributed by atoms with van der Waals surface area (Å²) in [5.74, 6) is -0.269. The third-order valence-electron chi connectivity index (χ3n) is 4.98. The van der Waals surface area contributed by atoms with Crippen LogP contribution in [0.15, 0.2) is 30.3 Å². The number of rotatable bonds is 3. The van der Waals surface area contributed by atoms with Crippen LogP contribution in [0.2, 0.25) is 0 Å². The lowest BCUT2D eigenvalue weighted by atomic mass is 10.0. The first-order valence-electron chi connectivity index (χ1n) is 9.27. The van der Waals surface area contributed by atoms with Gasteiger partial charge in [-0.15, -0.1) is 0 Å². The number of ether oxygens (including phenoxy) is 1. The molecule has 0 fully saturated rings. The smallest absolute Gasteiger partial charge is 0.357 e. The third-order valence-corrected chi connectivity index (χ3v) is 4.98. The highest BCUT2D eigenvalue weighted by Gasteiger charge is 2.25. The Morgan fingerprint density at radius 3 is 2.39 bits per heavy atom. The van der Waals surface area contributed by atoms with E-state index < -0.39 is 5.97 Å². The zero-order chi connectivity index (χ0) is 20.2. The number of imidazole rings is 2. The summed E-state index contributed by atoms with van der Waals surface area (Å²) in [7, 11) is 0. The van der Waals surface area contributed by atoms with E-state index in [9.17, 15) is 9.18 Å². The van der Waals surface area contributed by atoms with Crippen LogP contribution in [0.3, 0.4) is 0 Å². The second kappa shape index (κ2) is 6.48. The van der Waals surface area contributed by atoms with Gasteiger partial charge in [-0.25, -0.2) is 14.2 Å². The number of nitrogens with zero attached hydrogens (tertiary/aromatic N) is 3. The van der Waals surface area contributed by atoms with Crippen LogP contribution in [0.1, 0.15) is 39.8 Å². The van der Waals surface area contributed by atoms with Crippen molar-refractivity contribution in [3.05, 3.63) is 64.2 Å². The zero-order valence-corrected chi connectivity index (χ0v) is 16.6. The summed E-state index contributed by atoms with van der Waals surface area (Å²) in [6, 6.07) is 8.80. The van der Waals surface area contributed by atoms with Crippen LogP contribution in [-0.4, -0.2) is 26.5 Å². The van der Waals surface area contributed by atoms with E-state index >= 15 is 0 Å². The summed E-state index contributed by atoms with van der Waals surface area (Å²) in [5.41, 5.74) is 6.56. The normalized spacial score (nSPS) is 11.5.